The SMILES string of the molecule is O=C(Nc1ccncc1F)C(c1ccccc1)C1CC1. The van der Waals surface area contributed by atoms with E-state index >= 15 is 0 Å². The predicted molar refractivity (Wildman–Crippen MR) is 74.7 cm³/mol. The Morgan fingerprint density at radius 3 is 2.65 bits per heavy atom. The van der Waals surface area contributed by atoms with Crippen molar-refractivity contribution in [2.75, 3.05) is 5.32 Å². The van der Waals surface area contributed by atoms with Gasteiger partial charge in [-0.3, -0.25) is 9.78 Å². The smallest absolute Gasteiger partial charge is 0.232 e. The molecule has 3 rings (SSSR count). The lowest BCUT2D eigenvalue weighted by Gasteiger charge is -2.16. The molecule has 1 heterocycles. The molecule has 1 amide bonds. The summed E-state index contributed by atoms with van der Waals surface area (Å²) in [6.45, 7) is 0. The minimum Gasteiger partial charge on any atom is -0.323 e. The van der Waals surface area contributed by atoms with Crippen LogP contribution in [0, 0.1) is 11.7 Å². The average molecular weight is 270 g/mol. The molecule has 2 aromatic rings. The highest BCUT2D eigenvalue weighted by atomic mass is 19.1. The first-order valence-corrected chi connectivity index (χ1v) is 6.71. The zero-order valence-electron chi connectivity index (χ0n) is 10.9. The number of nitrogens with zero attached hydrogens (tertiary/aromatic N) is 1. The molecular formula is C16H15FN2O. The lowest BCUT2D eigenvalue weighted by molar-refractivity contribution is -0.118. The standard InChI is InChI=1S/C16H15FN2O/c17-13-10-18-9-8-14(13)19-16(20)15(12-6-7-12)11-4-2-1-3-5-11/h1-5,8-10,12,15H,6-7H2,(H,18,19,20). The van der Waals surface area contributed by atoms with Crippen molar-refractivity contribution in [3.8, 4) is 0 Å². The minimum absolute atomic E-state index is 0.149. The van der Waals surface area contributed by atoms with E-state index in [1.807, 2.05) is 30.3 Å². The first-order chi connectivity index (χ1) is 9.75. The van der Waals surface area contributed by atoms with E-state index in [2.05, 4.69) is 10.3 Å². The fourth-order valence-corrected chi connectivity index (χ4v) is 2.41. The molecule has 1 saturated carbocycles. The molecule has 0 bridgehead atoms. The van der Waals surface area contributed by atoms with Gasteiger partial charge in [-0.05, 0) is 30.4 Å². The summed E-state index contributed by atoms with van der Waals surface area (Å²) >= 11 is 0. The summed E-state index contributed by atoms with van der Waals surface area (Å²) in [5.74, 6) is -0.502. The van der Waals surface area contributed by atoms with Crippen LogP contribution in [0.5, 0.6) is 0 Å². The van der Waals surface area contributed by atoms with Gasteiger partial charge in [0.25, 0.3) is 0 Å². The number of carbonyl (C=O) groups is 1. The maximum absolute atomic E-state index is 13.6. The monoisotopic (exact) mass is 270 g/mol. The number of anilines is 1. The third-order valence-corrected chi connectivity index (χ3v) is 3.56. The Balaban J connectivity index is 1.82. The third kappa shape index (κ3) is 2.69. The van der Waals surface area contributed by atoms with E-state index in [9.17, 15) is 9.18 Å². The van der Waals surface area contributed by atoms with Crippen LogP contribution >= 0.6 is 0 Å². The molecule has 1 aromatic heterocycles. The van der Waals surface area contributed by atoms with Crippen molar-refractivity contribution in [1.29, 1.82) is 0 Å². The number of benzene rings is 1. The number of aromatic nitrogens is 1. The molecule has 1 unspecified atom stereocenters. The van der Waals surface area contributed by atoms with Gasteiger partial charge in [0.1, 0.15) is 0 Å². The lowest BCUT2D eigenvalue weighted by Crippen LogP contribution is -2.23. The molecule has 1 atom stereocenters. The Hall–Kier alpha value is -2.23. The minimum atomic E-state index is -0.511. The molecule has 20 heavy (non-hydrogen) atoms. The first kappa shape index (κ1) is 12.8. The highest BCUT2D eigenvalue weighted by molar-refractivity contribution is 5.96. The number of rotatable bonds is 4. The van der Waals surface area contributed by atoms with E-state index in [1.165, 1.54) is 12.3 Å². The summed E-state index contributed by atoms with van der Waals surface area (Å²) in [5.41, 5.74) is 1.17. The molecule has 0 aliphatic heterocycles. The van der Waals surface area contributed by atoms with Crippen LogP contribution in [0.25, 0.3) is 0 Å². The average Bonchev–Trinajstić information content (AvgIpc) is 3.28. The normalized spacial score (nSPS) is 15.7. The molecule has 1 N–H and O–H groups in total. The molecule has 0 spiro atoms. The maximum atomic E-state index is 13.6. The summed E-state index contributed by atoms with van der Waals surface area (Å²) in [4.78, 5) is 16.1. The largest absolute Gasteiger partial charge is 0.323 e. The summed E-state index contributed by atoms with van der Waals surface area (Å²) in [6.07, 6.45) is 4.66. The van der Waals surface area contributed by atoms with Crippen LogP contribution in [0.2, 0.25) is 0 Å². The molecule has 0 saturated heterocycles. The summed E-state index contributed by atoms with van der Waals surface area (Å²) in [7, 11) is 0. The zero-order chi connectivity index (χ0) is 13.9. The molecule has 102 valence electrons. The Bertz CT molecular complexity index is 611. The number of carbonyl (C=O) groups excluding carboxylic acids is 1. The predicted octanol–water partition coefficient (Wildman–Crippen LogP) is 3.35. The van der Waals surface area contributed by atoms with Gasteiger partial charge in [-0.1, -0.05) is 30.3 Å². The number of nitrogens with one attached hydrogen (secondary N) is 1. The summed E-state index contributed by atoms with van der Waals surface area (Å²) in [6, 6.07) is 11.1. The Morgan fingerprint density at radius 2 is 2.00 bits per heavy atom. The van der Waals surface area contributed by atoms with Crippen molar-refractivity contribution in [1.82, 2.24) is 4.98 Å². The van der Waals surface area contributed by atoms with E-state index in [4.69, 9.17) is 0 Å². The van der Waals surface area contributed by atoms with Crippen LogP contribution in [0.1, 0.15) is 24.3 Å². The Morgan fingerprint density at radius 1 is 1.25 bits per heavy atom. The molecular weight excluding hydrogens is 255 g/mol. The van der Waals surface area contributed by atoms with Gasteiger partial charge in [0.15, 0.2) is 5.82 Å². The van der Waals surface area contributed by atoms with Crippen LogP contribution in [0.15, 0.2) is 48.8 Å². The van der Waals surface area contributed by atoms with E-state index < -0.39 is 5.82 Å². The van der Waals surface area contributed by atoms with Crippen molar-refractivity contribution in [2.45, 2.75) is 18.8 Å². The van der Waals surface area contributed by atoms with Crippen molar-refractivity contribution in [3.63, 3.8) is 0 Å². The lowest BCUT2D eigenvalue weighted by atomic mass is 9.93. The third-order valence-electron chi connectivity index (χ3n) is 3.56. The van der Waals surface area contributed by atoms with Gasteiger partial charge in [0.05, 0.1) is 17.8 Å². The van der Waals surface area contributed by atoms with Crippen molar-refractivity contribution in [3.05, 3.63) is 60.2 Å². The van der Waals surface area contributed by atoms with E-state index in [1.54, 1.807) is 0 Å². The molecule has 4 heteroatoms. The number of pyridine rings is 1. The molecule has 0 radical (unpaired) electrons. The Labute approximate surface area is 116 Å². The Kier molecular flexibility index (Phi) is 3.46. The summed E-state index contributed by atoms with van der Waals surface area (Å²) in [5, 5.41) is 2.68. The highest BCUT2D eigenvalue weighted by Crippen LogP contribution is 2.43. The van der Waals surface area contributed by atoms with E-state index in [0.29, 0.717) is 5.92 Å². The van der Waals surface area contributed by atoms with Gasteiger partial charge >= 0.3 is 0 Å². The second kappa shape index (κ2) is 5.41. The van der Waals surface area contributed by atoms with Crippen LogP contribution in [-0.2, 0) is 4.79 Å². The topological polar surface area (TPSA) is 42.0 Å². The molecule has 1 fully saturated rings. The van der Waals surface area contributed by atoms with Gasteiger partial charge in [-0.2, -0.15) is 0 Å². The van der Waals surface area contributed by atoms with E-state index in [0.717, 1.165) is 24.6 Å². The van der Waals surface area contributed by atoms with Crippen LogP contribution in [0.3, 0.4) is 0 Å². The first-order valence-electron chi connectivity index (χ1n) is 6.71. The number of halogens is 1. The quantitative estimate of drug-likeness (QED) is 0.925. The van der Waals surface area contributed by atoms with Crippen LogP contribution < -0.4 is 5.32 Å². The van der Waals surface area contributed by atoms with E-state index in [-0.39, 0.29) is 17.5 Å². The fraction of sp³-hybridized carbons (Fsp3) is 0.250. The van der Waals surface area contributed by atoms with Crippen molar-refractivity contribution >= 4 is 11.6 Å². The van der Waals surface area contributed by atoms with Gasteiger partial charge < -0.3 is 5.32 Å². The molecule has 3 nitrogen and oxygen atoms in total. The second-order valence-electron chi connectivity index (χ2n) is 5.07. The van der Waals surface area contributed by atoms with Crippen molar-refractivity contribution in [2.24, 2.45) is 5.92 Å². The number of hydrogen-bond acceptors (Lipinski definition) is 2. The van der Waals surface area contributed by atoms with Gasteiger partial charge in [0, 0.05) is 6.20 Å². The molecule has 1 aliphatic carbocycles. The fourth-order valence-electron chi connectivity index (χ4n) is 2.41. The second-order valence-corrected chi connectivity index (χ2v) is 5.07. The number of amides is 1. The molecule has 1 aliphatic rings. The molecule has 1 aromatic carbocycles. The van der Waals surface area contributed by atoms with Gasteiger partial charge in [-0.25, -0.2) is 4.39 Å². The zero-order valence-corrected chi connectivity index (χ0v) is 10.9. The number of hydrogen-bond donors (Lipinski definition) is 1. The summed E-state index contributed by atoms with van der Waals surface area (Å²) < 4.78 is 13.6. The van der Waals surface area contributed by atoms with Gasteiger partial charge in [0.2, 0.25) is 5.91 Å². The van der Waals surface area contributed by atoms with Crippen LogP contribution in [-0.4, -0.2) is 10.9 Å². The van der Waals surface area contributed by atoms with Gasteiger partial charge in [-0.15, -0.1) is 0 Å². The van der Waals surface area contributed by atoms with Crippen molar-refractivity contribution < 1.29 is 9.18 Å². The maximum Gasteiger partial charge on any atom is 0.232 e. The highest BCUT2D eigenvalue weighted by Gasteiger charge is 2.37. The van der Waals surface area contributed by atoms with Crippen LogP contribution in [0.4, 0.5) is 10.1 Å².